The minimum atomic E-state index is -0.459. The molecule has 1 aromatic heterocycles. The van der Waals surface area contributed by atoms with Gasteiger partial charge in [-0.1, -0.05) is 5.16 Å². The Labute approximate surface area is 97.4 Å². The number of aromatic nitrogens is 1. The molecule has 0 aliphatic heterocycles. The second-order valence-electron chi connectivity index (χ2n) is 3.38. The van der Waals surface area contributed by atoms with E-state index in [1.54, 1.807) is 26.4 Å². The van der Waals surface area contributed by atoms with E-state index in [1.807, 2.05) is 0 Å². The van der Waals surface area contributed by atoms with Gasteiger partial charge in [0.15, 0.2) is 5.84 Å². The summed E-state index contributed by atoms with van der Waals surface area (Å²) < 4.78 is 0. The lowest BCUT2D eigenvalue weighted by Crippen LogP contribution is -2.43. The topological polar surface area (TPSA) is 91.8 Å². The van der Waals surface area contributed by atoms with Gasteiger partial charge in [0, 0.05) is 7.05 Å². The van der Waals surface area contributed by atoms with Gasteiger partial charge in [0.25, 0.3) is 5.91 Å². The number of carbonyl (C=O) groups excluding carboxylic acids is 1. The largest absolute Gasteiger partial charge is 0.409 e. The third-order valence-corrected chi connectivity index (χ3v) is 3.30. The van der Waals surface area contributed by atoms with Crippen LogP contribution in [0.1, 0.15) is 22.3 Å². The summed E-state index contributed by atoms with van der Waals surface area (Å²) in [6, 6.07) is -0.459. The fourth-order valence-corrected chi connectivity index (χ4v) is 1.91. The second-order valence-corrected chi connectivity index (χ2v) is 4.24. The van der Waals surface area contributed by atoms with Crippen LogP contribution < -0.4 is 5.73 Å². The van der Waals surface area contributed by atoms with Crippen molar-refractivity contribution in [1.29, 1.82) is 0 Å². The number of likely N-dealkylation sites (N-methyl/N-ethyl adjacent to an activating group) is 1. The number of amidine groups is 1. The van der Waals surface area contributed by atoms with Crippen LogP contribution in [-0.2, 0) is 0 Å². The number of nitrogens with two attached hydrogens (primary N) is 1. The van der Waals surface area contributed by atoms with Crippen LogP contribution in [0.3, 0.4) is 0 Å². The van der Waals surface area contributed by atoms with E-state index in [0.29, 0.717) is 10.6 Å². The maximum Gasteiger partial charge on any atom is 0.266 e. The molecule has 0 bridgehead atoms. The SMILES string of the molecule is Cc1ncsc1C(=O)N(C)C(C)C(N)=NO. The zero-order valence-electron chi connectivity index (χ0n) is 9.34. The van der Waals surface area contributed by atoms with Gasteiger partial charge in [-0.05, 0) is 13.8 Å². The lowest BCUT2D eigenvalue weighted by molar-refractivity contribution is 0.0780. The van der Waals surface area contributed by atoms with Crippen molar-refractivity contribution in [3.05, 3.63) is 16.1 Å². The first-order chi connectivity index (χ1) is 7.49. The minimum Gasteiger partial charge on any atom is -0.409 e. The summed E-state index contributed by atoms with van der Waals surface area (Å²) in [5.74, 6) is -0.183. The average molecular weight is 242 g/mol. The Morgan fingerprint density at radius 1 is 1.75 bits per heavy atom. The molecule has 0 aliphatic rings. The molecule has 16 heavy (non-hydrogen) atoms. The first-order valence-electron chi connectivity index (χ1n) is 4.63. The molecule has 3 N–H and O–H groups in total. The molecule has 88 valence electrons. The van der Waals surface area contributed by atoms with Crippen LogP contribution in [0.4, 0.5) is 0 Å². The molecule has 1 heterocycles. The van der Waals surface area contributed by atoms with Crippen molar-refractivity contribution >= 4 is 23.1 Å². The first-order valence-corrected chi connectivity index (χ1v) is 5.51. The van der Waals surface area contributed by atoms with Crippen molar-refractivity contribution in [2.75, 3.05) is 7.05 Å². The standard InChI is InChI=1S/C9H14N4O2S/c1-5-7(16-4-11-5)9(14)13(3)6(2)8(10)12-15/h4,6,15H,1-3H3,(H2,10,12). The zero-order valence-corrected chi connectivity index (χ0v) is 10.2. The molecule has 7 heteroatoms. The van der Waals surface area contributed by atoms with Crippen molar-refractivity contribution in [1.82, 2.24) is 9.88 Å². The summed E-state index contributed by atoms with van der Waals surface area (Å²) in [6.45, 7) is 3.45. The predicted octanol–water partition coefficient (Wildman–Crippen LogP) is 0.658. The highest BCUT2D eigenvalue weighted by Gasteiger charge is 2.23. The number of carbonyl (C=O) groups is 1. The van der Waals surface area contributed by atoms with E-state index in [-0.39, 0.29) is 11.7 Å². The van der Waals surface area contributed by atoms with Crippen LogP contribution in [0, 0.1) is 6.92 Å². The minimum absolute atomic E-state index is 0.00183. The van der Waals surface area contributed by atoms with E-state index in [9.17, 15) is 4.79 Å². The van der Waals surface area contributed by atoms with Crippen LogP contribution in [0.15, 0.2) is 10.7 Å². The number of thiazole rings is 1. The Morgan fingerprint density at radius 2 is 2.38 bits per heavy atom. The molecule has 1 unspecified atom stereocenters. The van der Waals surface area contributed by atoms with Gasteiger partial charge >= 0.3 is 0 Å². The maximum atomic E-state index is 12.0. The van der Waals surface area contributed by atoms with Gasteiger partial charge < -0.3 is 15.8 Å². The Bertz CT molecular complexity index is 415. The van der Waals surface area contributed by atoms with Crippen LogP contribution in [0.25, 0.3) is 0 Å². The van der Waals surface area contributed by atoms with E-state index in [0.717, 1.165) is 0 Å². The lowest BCUT2D eigenvalue weighted by atomic mass is 10.2. The van der Waals surface area contributed by atoms with Gasteiger partial charge in [0.2, 0.25) is 0 Å². The van der Waals surface area contributed by atoms with E-state index in [4.69, 9.17) is 10.9 Å². The molecule has 0 saturated heterocycles. The molecular weight excluding hydrogens is 228 g/mol. The number of aryl methyl sites for hydroxylation is 1. The van der Waals surface area contributed by atoms with Crippen LogP contribution >= 0.6 is 11.3 Å². The second kappa shape index (κ2) is 4.93. The highest BCUT2D eigenvalue weighted by molar-refractivity contribution is 7.11. The summed E-state index contributed by atoms with van der Waals surface area (Å²) in [7, 11) is 1.60. The maximum absolute atomic E-state index is 12.0. The number of rotatable bonds is 3. The van der Waals surface area contributed by atoms with Crippen molar-refractivity contribution in [2.45, 2.75) is 19.9 Å². The third-order valence-electron chi connectivity index (χ3n) is 2.38. The first kappa shape index (κ1) is 12.4. The molecular formula is C9H14N4O2S. The number of amides is 1. The molecule has 1 aromatic rings. The van der Waals surface area contributed by atoms with Gasteiger partial charge in [0.05, 0.1) is 17.2 Å². The van der Waals surface area contributed by atoms with E-state index < -0.39 is 6.04 Å². The number of hydrogen-bond acceptors (Lipinski definition) is 5. The summed E-state index contributed by atoms with van der Waals surface area (Å²) >= 11 is 1.28. The molecule has 6 nitrogen and oxygen atoms in total. The Hall–Kier alpha value is -1.63. The number of nitrogens with zero attached hydrogens (tertiary/aromatic N) is 3. The van der Waals surface area contributed by atoms with Gasteiger partial charge in [-0.2, -0.15) is 0 Å². The molecule has 1 atom stereocenters. The van der Waals surface area contributed by atoms with Gasteiger partial charge in [-0.15, -0.1) is 11.3 Å². The van der Waals surface area contributed by atoms with Crippen LogP contribution in [0.2, 0.25) is 0 Å². The zero-order chi connectivity index (χ0) is 12.3. The average Bonchev–Trinajstić information content (AvgIpc) is 2.71. The van der Waals surface area contributed by atoms with Crippen molar-refractivity contribution < 1.29 is 10.0 Å². The fourth-order valence-electron chi connectivity index (χ4n) is 1.13. The predicted molar refractivity (Wildman–Crippen MR) is 61.8 cm³/mol. The van der Waals surface area contributed by atoms with Gasteiger partial charge in [-0.3, -0.25) is 4.79 Å². The van der Waals surface area contributed by atoms with Crippen molar-refractivity contribution in [2.24, 2.45) is 10.9 Å². The van der Waals surface area contributed by atoms with Crippen LogP contribution in [0.5, 0.6) is 0 Å². The highest BCUT2D eigenvalue weighted by atomic mass is 32.1. The van der Waals surface area contributed by atoms with E-state index in [2.05, 4.69) is 10.1 Å². The quantitative estimate of drug-likeness (QED) is 0.352. The Kier molecular flexibility index (Phi) is 3.83. The summed E-state index contributed by atoms with van der Waals surface area (Å²) in [5.41, 5.74) is 7.74. The smallest absolute Gasteiger partial charge is 0.266 e. The molecule has 0 fully saturated rings. The van der Waals surface area contributed by atoms with Gasteiger partial charge in [-0.25, -0.2) is 4.98 Å². The number of hydrogen-bond donors (Lipinski definition) is 2. The Balaban J connectivity index is 2.87. The third kappa shape index (κ3) is 2.30. The molecule has 1 rings (SSSR count). The normalized spacial score (nSPS) is 13.6. The van der Waals surface area contributed by atoms with Crippen LogP contribution in [-0.4, -0.2) is 39.9 Å². The van der Waals surface area contributed by atoms with Gasteiger partial charge in [0.1, 0.15) is 4.88 Å². The van der Waals surface area contributed by atoms with Crippen molar-refractivity contribution in [3.63, 3.8) is 0 Å². The summed E-state index contributed by atoms with van der Waals surface area (Å²) in [6.07, 6.45) is 0. The monoisotopic (exact) mass is 242 g/mol. The number of oxime groups is 1. The summed E-state index contributed by atoms with van der Waals surface area (Å²) in [4.78, 5) is 18.0. The molecule has 0 aromatic carbocycles. The molecule has 0 radical (unpaired) electrons. The summed E-state index contributed by atoms with van der Waals surface area (Å²) in [5, 5.41) is 11.4. The fraction of sp³-hybridized carbons (Fsp3) is 0.444. The molecule has 0 aliphatic carbocycles. The molecule has 1 amide bonds. The highest BCUT2D eigenvalue weighted by Crippen LogP contribution is 2.15. The molecule has 0 spiro atoms. The van der Waals surface area contributed by atoms with E-state index in [1.165, 1.54) is 16.2 Å². The Morgan fingerprint density at radius 3 is 2.81 bits per heavy atom. The lowest BCUT2D eigenvalue weighted by Gasteiger charge is -2.23. The van der Waals surface area contributed by atoms with Crippen molar-refractivity contribution in [3.8, 4) is 0 Å². The molecule has 0 saturated carbocycles. The van der Waals surface area contributed by atoms with E-state index >= 15 is 0 Å².